The van der Waals surface area contributed by atoms with Gasteiger partial charge in [0.1, 0.15) is 0 Å². The van der Waals surface area contributed by atoms with Gasteiger partial charge in [-0.3, -0.25) is 0 Å². The number of thiophene rings is 4. The van der Waals surface area contributed by atoms with Gasteiger partial charge in [-0.2, -0.15) is 0 Å². The van der Waals surface area contributed by atoms with Crippen LogP contribution in [0.3, 0.4) is 0 Å². The molecule has 6 heteroatoms. The van der Waals surface area contributed by atoms with Crippen LogP contribution in [0, 0.1) is 25.7 Å². The van der Waals surface area contributed by atoms with Gasteiger partial charge in [-0.15, -0.1) is 45.3 Å². The predicted octanol–water partition coefficient (Wildman–Crippen LogP) is 15.0. The van der Waals surface area contributed by atoms with Crippen LogP contribution in [-0.4, -0.2) is 0 Å². The fourth-order valence-corrected chi connectivity index (χ4v) is 11.8. The predicted molar refractivity (Wildman–Crippen MR) is 197 cm³/mol. The molecule has 0 amide bonds. The molecule has 0 saturated heterocycles. The van der Waals surface area contributed by atoms with Gasteiger partial charge in [0.25, 0.3) is 0 Å². The first kappa shape index (κ1) is 32.5. The van der Waals surface area contributed by atoms with Crippen molar-refractivity contribution in [1.82, 2.24) is 0 Å². The van der Waals surface area contributed by atoms with Crippen LogP contribution in [0.1, 0.15) is 98.6 Å². The molecule has 4 heterocycles. The van der Waals surface area contributed by atoms with Crippen molar-refractivity contribution in [1.29, 1.82) is 0 Å². The molecule has 2 atom stereocenters. The summed E-state index contributed by atoms with van der Waals surface area (Å²) in [6, 6.07) is 9.33. The quantitative estimate of drug-likeness (QED) is 0.110. The van der Waals surface area contributed by atoms with Crippen molar-refractivity contribution >= 4 is 88.7 Å². The Kier molecular flexibility index (Phi) is 11.2. The average molecular weight is 676 g/mol. The van der Waals surface area contributed by atoms with Crippen LogP contribution < -0.4 is 0 Å². The van der Waals surface area contributed by atoms with Crippen LogP contribution in [0.25, 0.3) is 41.1 Å². The molecule has 0 aliphatic rings. The van der Waals surface area contributed by atoms with E-state index in [2.05, 4.69) is 65.8 Å². The molecule has 0 spiro atoms. The van der Waals surface area contributed by atoms with Crippen LogP contribution in [0.15, 0.2) is 24.3 Å². The Morgan fingerprint density at radius 3 is 1.36 bits per heavy atom. The van der Waals surface area contributed by atoms with Gasteiger partial charge in [0.2, 0.25) is 0 Å². The zero-order valence-corrected chi connectivity index (χ0v) is 30.7. The molecule has 0 N–H and O–H groups in total. The van der Waals surface area contributed by atoms with E-state index in [1.54, 1.807) is 0 Å². The van der Waals surface area contributed by atoms with E-state index >= 15 is 0 Å². The number of hydrogen-bond donors (Lipinski definition) is 0. The van der Waals surface area contributed by atoms with Crippen molar-refractivity contribution in [2.45, 2.75) is 106 Å². The van der Waals surface area contributed by atoms with E-state index in [0.717, 1.165) is 22.9 Å². The van der Waals surface area contributed by atoms with Gasteiger partial charge in [-0.25, -0.2) is 0 Å². The van der Waals surface area contributed by atoms with E-state index in [0.29, 0.717) is 11.8 Å². The molecular weight excluding hydrogens is 632 g/mol. The van der Waals surface area contributed by atoms with Crippen LogP contribution in [0.2, 0.25) is 10.0 Å². The lowest BCUT2D eigenvalue weighted by Crippen LogP contribution is -2.02. The van der Waals surface area contributed by atoms with Gasteiger partial charge in [0.05, 0.1) is 10.0 Å². The van der Waals surface area contributed by atoms with Gasteiger partial charge < -0.3 is 0 Å². The molecule has 4 aromatic heterocycles. The van der Waals surface area contributed by atoms with Gasteiger partial charge in [0.15, 0.2) is 0 Å². The van der Waals surface area contributed by atoms with Gasteiger partial charge in [-0.05, 0) is 62.8 Å². The van der Waals surface area contributed by atoms with Crippen LogP contribution in [0.4, 0.5) is 0 Å². The summed E-state index contributed by atoms with van der Waals surface area (Å²) in [5.74, 6) is 1.41. The molecule has 0 aliphatic heterocycles. The van der Waals surface area contributed by atoms with Crippen molar-refractivity contribution in [2.75, 3.05) is 0 Å². The maximum atomic E-state index is 6.98. The second-order valence-corrected chi connectivity index (χ2v) is 17.6. The molecule has 0 aliphatic carbocycles. The Hall–Kier alpha value is -0.880. The highest BCUT2D eigenvalue weighted by atomic mass is 35.5. The Morgan fingerprint density at radius 2 is 1.00 bits per heavy atom. The fourth-order valence-electron chi connectivity index (χ4n) is 6.25. The number of hydrogen-bond acceptors (Lipinski definition) is 4. The minimum absolute atomic E-state index is 0.704. The smallest absolute Gasteiger partial charge is 0.0551 e. The summed E-state index contributed by atoms with van der Waals surface area (Å²) in [6.45, 7) is 13.7. The third kappa shape index (κ3) is 6.85. The maximum Gasteiger partial charge on any atom is 0.0551 e. The van der Waals surface area contributed by atoms with Gasteiger partial charge in [0, 0.05) is 60.6 Å². The first-order valence-electron chi connectivity index (χ1n) is 15.8. The van der Waals surface area contributed by atoms with Crippen LogP contribution in [-0.2, 0) is 12.8 Å². The van der Waals surface area contributed by atoms with E-state index in [-0.39, 0.29) is 0 Å². The van der Waals surface area contributed by atoms with Crippen molar-refractivity contribution in [3.63, 3.8) is 0 Å². The summed E-state index contributed by atoms with van der Waals surface area (Å²) in [5, 5.41) is 4.62. The second-order valence-electron chi connectivity index (χ2n) is 12.0. The van der Waals surface area contributed by atoms with Gasteiger partial charge in [-0.1, -0.05) is 102 Å². The van der Waals surface area contributed by atoms with Crippen LogP contribution >= 0.6 is 68.5 Å². The molecule has 42 heavy (non-hydrogen) atoms. The molecule has 5 rings (SSSR count). The molecule has 0 nitrogen and oxygen atoms in total. The normalized spacial score (nSPS) is 13.5. The standard InChI is InChI=1S/C36H44Cl2S4/c1-7-11-13-23(9-3)17-29-27(37)19-31(41-29)33-25-15-21(5)40-36(25)34(26-16-22(6)39-35(26)33)32-20-28(38)30(42-32)18-24(10-4)14-12-8-2/h15-16,19-20,23-24H,7-14,17-18H2,1-6H3. The molecule has 0 bridgehead atoms. The number of rotatable bonds is 14. The average Bonchev–Trinajstić information content (AvgIpc) is 3.72. The highest BCUT2D eigenvalue weighted by Crippen LogP contribution is 2.53. The molecule has 2 unspecified atom stereocenters. The summed E-state index contributed by atoms with van der Waals surface area (Å²) < 4.78 is 2.77. The highest BCUT2D eigenvalue weighted by molar-refractivity contribution is 7.24. The lowest BCUT2D eigenvalue weighted by atomic mass is 9.95. The Bertz CT molecular complexity index is 1470. The minimum Gasteiger partial charge on any atom is -0.140 e. The van der Waals surface area contributed by atoms with E-state index in [4.69, 9.17) is 23.2 Å². The van der Waals surface area contributed by atoms with Crippen molar-refractivity contribution in [3.8, 4) is 20.9 Å². The number of benzene rings is 1. The summed E-state index contributed by atoms with van der Waals surface area (Å²) >= 11 is 21.7. The number of halogens is 2. The molecule has 0 fully saturated rings. The fraction of sp³-hybridized carbons (Fsp3) is 0.500. The third-order valence-corrected chi connectivity index (χ3v) is 14.1. The number of aryl methyl sites for hydroxylation is 2. The molecule has 0 radical (unpaired) electrons. The monoisotopic (exact) mass is 674 g/mol. The summed E-state index contributed by atoms with van der Waals surface area (Å²) in [5.41, 5.74) is 2.75. The molecule has 226 valence electrons. The molecule has 1 aromatic carbocycles. The van der Waals surface area contributed by atoms with E-state index < -0.39 is 0 Å². The number of fused-ring (bicyclic) bond motifs is 2. The third-order valence-electron chi connectivity index (χ3n) is 8.75. The lowest BCUT2D eigenvalue weighted by Gasteiger charge is -2.13. The second kappa shape index (κ2) is 14.5. The molecular formula is C36H44Cl2S4. The van der Waals surface area contributed by atoms with Crippen molar-refractivity contribution < 1.29 is 0 Å². The molecule has 0 saturated carbocycles. The topological polar surface area (TPSA) is 0 Å². The van der Waals surface area contributed by atoms with Crippen molar-refractivity contribution in [2.24, 2.45) is 11.8 Å². The first-order valence-corrected chi connectivity index (χ1v) is 19.8. The minimum atomic E-state index is 0.704. The zero-order valence-electron chi connectivity index (χ0n) is 25.9. The number of unbranched alkanes of at least 4 members (excludes halogenated alkanes) is 2. The molecule has 5 aromatic rings. The van der Waals surface area contributed by atoms with E-state index in [9.17, 15) is 0 Å². The van der Waals surface area contributed by atoms with E-state index in [1.807, 2.05) is 45.3 Å². The van der Waals surface area contributed by atoms with Crippen LogP contribution in [0.5, 0.6) is 0 Å². The Balaban J connectivity index is 1.62. The van der Waals surface area contributed by atoms with E-state index in [1.165, 1.54) is 112 Å². The van der Waals surface area contributed by atoms with Crippen molar-refractivity contribution in [3.05, 3.63) is 53.8 Å². The summed E-state index contributed by atoms with van der Waals surface area (Å²) in [4.78, 5) is 8.03. The maximum absolute atomic E-state index is 6.98. The SMILES string of the molecule is CCCCC(CC)Cc1sc(-c2c3cc(C)sc3c(-c3cc(Cl)c(CC(CC)CCCC)s3)c3cc(C)sc23)cc1Cl. The lowest BCUT2D eigenvalue weighted by molar-refractivity contribution is 0.452. The Labute approximate surface area is 279 Å². The highest BCUT2D eigenvalue weighted by Gasteiger charge is 2.25. The Morgan fingerprint density at radius 1 is 0.595 bits per heavy atom. The summed E-state index contributed by atoms with van der Waals surface area (Å²) in [6.07, 6.45) is 12.3. The first-order chi connectivity index (χ1) is 20.3. The zero-order chi connectivity index (χ0) is 30.0. The van der Waals surface area contributed by atoms with Gasteiger partial charge >= 0.3 is 0 Å². The largest absolute Gasteiger partial charge is 0.140 e. The summed E-state index contributed by atoms with van der Waals surface area (Å²) in [7, 11) is 0.